The number of ether oxygens (including phenoxy) is 1. The van der Waals surface area contributed by atoms with Crippen LogP contribution < -0.4 is 4.90 Å². The van der Waals surface area contributed by atoms with Crippen LogP contribution in [0.4, 0.5) is 5.13 Å². The zero-order valence-electron chi connectivity index (χ0n) is 8.90. The molecule has 0 bridgehead atoms. The van der Waals surface area contributed by atoms with E-state index in [0.29, 0.717) is 17.5 Å². The molecule has 0 spiro atoms. The highest BCUT2D eigenvalue weighted by molar-refractivity contribution is 7.17. The van der Waals surface area contributed by atoms with Crippen molar-refractivity contribution in [3.8, 4) is 0 Å². The zero-order valence-corrected chi connectivity index (χ0v) is 9.71. The summed E-state index contributed by atoms with van der Waals surface area (Å²) in [6.45, 7) is 0.406. The van der Waals surface area contributed by atoms with Gasteiger partial charge in [-0.15, -0.1) is 0 Å². The Morgan fingerprint density at radius 3 is 2.93 bits per heavy atom. The molecular weight excluding hydrogens is 212 g/mol. The molecule has 1 aromatic heterocycles. The number of thiazole rings is 1. The van der Waals surface area contributed by atoms with E-state index in [2.05, 4.69) is 9.88 Å². The minimum atomic E-state index is 0.406. The number of methoxy groups -OCH3 is 1. The summed E-state index contributed by atoms with van der Waals surface area (Å²) in [5.41, 5.74) is 0.750. The van der Waals surface area contributed by atoms with Crippen molar-refractivity contribution < 1.29 is 9.53 Å². The van der Waals surface area contributed by atoms with Gasteiger partial charge in [0.05, 0.1) is 17.2 Å². The second-order valence-electron chi connectivity index (χ2n) is 3.70. The molecule has 1 fully saturated rings. The molecule has 5 heteroatoms. The number of hydrogen-bond acceptors (Lipinski definition) is 5. The van der Waals surface area contributed by atoms with Crippen LogP contribution in [0.25, 0.3) is 0 Å². The largest absolute Gasteiger partial charge is 0.378 e. The summed E-state index contributed by atoms with van der Waals surface area (Å²) in [5, 5.41) is 0.923. The lowest BCUT2D eigenvalue weighted by molar-refractivity contribution is 0.112. The topological polar surface area (TPSA) is 42.4 Å². The Hall–Kier alpha value is -0.940. The molecule has 0 saturated heterocycles. The van der Waals surface area contributed by atoms with E-state index in [4.69, 9.17) is 4.74 Å². The molecular formula is C10H14N2O2S. The van der Waals surface area contributed by atoms with Crippen LogP contribution in [0, 0.1) is 0 Å². The van der Waals surface area contributed by atoms with Crippen molar-refractivity contribution in [2.45, 2.75) is 25.5 Å². The summed E-state index contributed by atoms with van der Waals surface area (Å²) in [5.74, 6) is 0. The van der Waals surface area contributed by atoms with Gasteiger partial charge in [0, 0.05) is 20.2 Å². The van der Waals surface area contributed by atoms with Crippen LogP contribution in [0.15, 0.2) is 0 Å². The Labute approximate surface area is 92.9 Å². The van der Waals surface area contributed by atoms with Crippen molar-refractivity contribution in [2.24, 2.45) is 0 Å². The van der Waals surface area contributed by atoms with E-state index >= 15 is 0 Å². The Morgan fingerprint density at radius 2 is 2.40 bits per heavy atom. The SMILES string of the molecule is COCc1nc(N(C)C2CC2)sc1C=O. The summed E-state index contributed by atoms with van der Waals surface area (Å²) >= 11 is 1.44. The smallest absolute Gasteiger partial charge is 0.186 e. The fourth-order valence-corrected chi connectivity index (χ4v) is 2.37. The molecule has 0 amide bonds. The van der Waals surface area contributed by atoms with Crippen molar-refractivity contribution in [3.63, 3.8) is 0 Å². The number of carbonyl (C=O) groups excluding carboxylic acids is 1. The highest BCUT2D eigenvalue weighted by Crippen LogP contribution is 2.33. The number of aromatic nitrogens is 1. The lowest BCUT2D eigenvalue weighted by Crippen LogP contribution is -2.19. The van der Waals surface area contributed by atoms with Crippen LogP contribution in [0.3, 0.4) is 0 Å². The molecule has 82 valence electrons. The van der Waals surface area contributed by atoms with Crippen LogP contribution >= 0.6 is 11.3 Å². The predicted octanol–water partition coefficient (Wildman–Crippen LogP) is 1.70. The third-order valence-corrected chi connectivity index (χ3v) is 3.61. The Bertz CT molecular complexity index is 360. The molecule has 0 unspecified atom stereocenters. The molecule has 0 aromatic carbocycles. The second kappa shape index (κ2) is 4.28. The standard InChI is InChI=1S/C10H14N2O2S/c1-12(7-3-4-7)10-11-8(6-14-2)9(5-13)15-10/h5,7H,3-4,6H2,1-2H3. The molecule has 1 heterocycles. The highest BCUT2D eigenvalue weighted by Gasteiger charge is 2.28. The fraction of sp³-hybridized carbons (Fsp3) is 0.600. The first-order valence-electron chi connectivity index (χ1n) is 4.93. The summed E-state index contributed by atoms with van der Waals surface area (Å²) in [6, 6.07) is 0.617. The quantitative estimate of drug-likeness (QED) is 0.717. The first kappa shape index (κ1) is 10.6. The van der Waals surface area contributed by atoms with Gasteiger partial charge in [-0.25, -0.2) is 4.98 Å². The molecule has 1 saturated carbocycles. The maximum absolute atomic E-state index is 10.8. The minimum absolute atomic E-state index is 0.406. The number of anilines is 1. The molecule has 0 N–H and O–H groups in total. The predicted molar refractivity (Wildman–Crippen MR) is 59.6 cm³/mol. The van der Waals surface area contributed by atoms with E-state index in [-0.39, 0.29) is 0 Å². The van der Waals surface area contributed by atoms with Crippen LogP contribution in [0.2, 0.25) is 0 Å². The number of carbonyl (C=O) groups is 1. The van der Waals surface area contributed by atoms with E-state index < -0.39 is 0 Å². The van der Waals surface area contributed by atoms with Crippen LogP contribution in [-0.4, -0.2) is 31.5 Å². The van der Waals surface area contributed by atoms with Gasteiger partial charge in [0.2, 0.25) is 0 Å². The fourth-order valence-electron chi connectivity index (χ4n) is 1.45. The van der Waals surface area contributed by atoms with Crippen molar-refractivity contribution in [1.29, 1.82) is 0 Å². The van der Waals surface area contributed by atoms with E-state index in [9.17, 15) is 4.79 Å². The first-order chi connectivity index (χ1) is 7.26. The van der Waals surface area contributed by atoms with Crippen LogP contribution in [-0.2, 0) is 11.3 Å². The molecule has 0 atom stereocenters. The molecule has 15 heavy (non-hydrogen) atoms. The maximum atomic E-state index is 10.8. The summed E-state index contributed by atoms with van der Waals surface area (Å²) < 4.78 is 5.01. The molecule has 2 rings (SSSR count). The van der Waals surface area contributed by atoms with E-state index in [1.54, 1.807) is 7.11 Å². The van der Waals surface area contributed by atoms with Gasteiger partial charge in [-0.3, -0.25) is 4.79 Å². The number of hydrogen-bond donors (Lipinski definition) is 0. The monoisotopic (exact) mass is 226 g/mol. The van der Waals surface area contributed by atoms with Gasteiger partial charge in [-0.05, 0) is 12.8 Å². The molecule has 1 aliphatic carbocycles. The summed E-state index contributed by atoms with van der Waals surface area (Å²) in [6.07, 6.45) is 3.31. The van der Waals surface area contributed by atoms with E-state index in [0.717, 1.165) is 17.1 Å². The van der Waals surface area contributed by atoms with Crippen molar-refractivity contribution in [1.82, 2.24) is 4.98 Å². The molecule has 4 nitrogen and oxygen atoms in total. The third-order valence-electron chi connectivity index (χ3n) is 2.50. The minimum Gasteiger partial charge on any atom is -0.378 e. The zero-order chi connectivity index (χ0) is 10.8. The first-order valence-corrected chi connectivity index (χ1v) is 5.74. The average Bonchev–Trinajstić information content (AvgIpc) is 3.00. The van der Waals surface area contributed by atoms with Crippen molar-refractivity contribution >= 4 is 22.8 Å². The van der Waals surface area contributed by atoms with Gasteiger partial charge >= 0.3 is 0 Å². The van der Waals surface area contributed by atoms with Crippen LogP contribution in [0.5, 0.6) is 0 Å². The Morgan fingerprint density at radius 1 is 1.67 bits per heavy atom. The average molecular weight is 226 g/mol. The molecule has 0 radical (unpaired) electrons. The van der Waals surface area contributed by atoms with Gasteiger partial charge in [-0.2, -0.15) is 0 Å². The Balaban J connectivity index is 2.20. The maximum Gasteiger partial charge on any atom is 0.186 e. The summed E-state index contributed by atoms with van der Waals surface area (Å²) in [7, 11) is 3.64. The van der Waals surface area contributed by atoms with Crippen molar-refractivity contribution in [2.75, 3.05) is 19.1 Å². The second-order valence-corrected chi connectivity index (χ2v) is 4.71. The molecule has 0 aliphatic heterocycles. The van der Waals surface area contributed by atoms with Gasteiger partial charge in [-0.1, -0.05) is 11.3 Å². The lowest BCUT2D eigenvalue weighted by Gasteiger charge is -2.13. The van der Waals surface area contributed by atoms with Gasteiger partial charge in [0.25, 0.3) is 0 Å². The third kappa shape index (κ3) is 2.18. The lowest BCUT2D eigenvalue weighted by atomic mass is 10.4. The van der Waals surface area contributed by atoms with Gasteiger partial charge in [0.15, 0.2) is 11.4 Å². The highest BCUT2D eigenvalue weighted by atomic mass is 32.1. The normalized spacial score (nSPS) is 15.3. The van der Waals surface area contributed by atoms with Crippen LogP contribution in [0.1, 0.15) is 28.2 Å². The number of aldehydes is 1. The number of rotatable bonds is 5. The Kier molecular flexibility index (Phi) is 3.02. The van der Waals surface area contributed by atoms with Crippen molar-refractivity contribution in [3.05, 3.63) is 10.6 Å². The van der Waals surface area contributed by atoms with Gasteiger partial charge in [0.1, 0.15) is 0 Å². The molecule has 1 aromatic rings. The number of nitrogens with zero attached hydrogens (tertiary/aromatic N) is 2. The molecule has 1 aliphatic rings. The van der Waals surface area contributed by atoms with Gasteiger partial charge < -0.3 is 9.64 Å². The van der Waals surface area contributed by atoms with E-state index in [1.165, 1.54) is 24.2 Å². The summed E-state index contributed by atoms with van der Waals surface area (Å²) in [4.78, 5) is 18.1. The van der Waals surface area contributed by atoms with E-state index in [1.807, 2.05) is 7.05 Å².